The van der Waals surface area contributed by atoms with Crippen LogP contribution in [0.3, 0.4) is 0 Å². The Morgan fingerprint density at radius 3 is 2.71 bits per heavy atom. The van der Waals surface area contributed by atoms with E-state index in [0.29, 0.717) is 11.5 Å². The monoisotopic (exact) mass is 197 g/mol. The van der Waals surface area contributed by atoms with E-state index in [1.165, 1.54) is 0 Å². The van der Waals surface area contributed by atoms with Crippen LogP contribution in [0.1, 0.15) is 12.6 Å². The fourth-order valence-electron chi connectivity index (χ4n) is 1.24. The Kier molecular flexibility index (Phi) is 2.95. The molecule has 1 aromatic rings. The van der Waals surface area contributed by atoms with Gasteiger partial charge in [0.05, 0.1) is 17.9 Å². The molecule has 0 spiro atoms. The number of aryl methyl sites for hydroxylation is 2. The molecule has 1 rings (SSSR count). The van der Waals surface area contributed by atoms with Crippen molar-refractivity contribution in [2.45, 2.75) is 13.3 Å². The molecule has 0 aliphatic rings. The Hall–Kier alpha value is -1.72. The van der Waals surface area contributed by atoms with E-state index in [1.54, 1.807) is 11.7 Å². The molecular weight excluding hydrogens is 182 g/mol. The molecule has 0 bridgehead atoms. The third-order valence-corrected chi connectivity index (χ3v) is 1.93. The van der Waals surface area contributed by atoms with Gasteiger partial charge in [-0.15, -0.1) is 0 Å². The molecule has 0 aromatic carbocycles. The van der Waals surface area contributed by atoms with Gasteiger partial charge < -0.3 is 16.8 Å². The van der Waals surface area contributed by atoms with E-state index in [2.05, 4.69) is 10.4 Å². The number of rotatable bonds is 4. The molecular formula is C8H15N5O. The quantitative estimate of drug-likeness (QED) is 0.603. The first-order chi connectivity index (χ1) is 6.56. The van der Waals surface area contributed by atoms with Gasteiger partial charge in [-0.2, -0.15) is 5.10 Å². The fourth-order valence-corrected chi connectivity index (χ4v) is 1.24. The van der Waals surface area contributed by atoms with Crippen molar-refractivity contribution in [2.75, 3.05) is 17.6 Å². The number of nitrogens with two attached hydrogens (primary N) is 2. The van der Waals surface area contributed by atoms with Crippen LogP contribution in [-0.4, -0.2) is 22.2 Å². The zero-order valence-electron chi connectivity index (χ0n) is 8.37. The Morgan fingerprint density at radius 2 is 2.29 bits per heavy atom. The summed E-state index contributed by atoms with van der Waals surface area (Å²) in [5, 5.41) is 7.02. The summed E-state index contributed by atoms with van der Waals surface area (Å²) in [6.07, 6.45) is 0.762. The molecule has 6 nitrogen and oxygen atoms in total. The first kappa shape index (κ1) is 10.4. The summed E-state index contributed by atoms with van der Waals surface area (Å²) in [6, 6.07) is 0. The minimum absolute atomic E-state index is 0.0624. The number of aromatic nitrogens is 2. The smallest absolute Gasteiger partial charge is 0.236 e. The third-order valence-electron chi connectivity index (χ3n) is 1.93. The zero-order valence-corrected chi connectivity index (χ0v) is 8.37. The summed E-state index contributed by atoms with van der Waals surface area (Å²) in [5.41, 5.74) is 12.2. The van der Waals surface area contributed by atoms with E-state index in [1.807, 2.05) is 6.92 Å². The average molecular weight is 197 g/mol. The topological polar surface area (TPSA) is 99.0 Å². The van der Waals surface area contributed by atoms with E-state index in [4.69, 9.17) is 11.5 Å². The predicted octanol–water partition coefficient (Wildman–Crippen LogP) is -0.538. The van der Waals surface area contributed by atoms with Crippen molar-refractivity contribution in [3.8, 4) is 0 Å². The number of primary amides is 1. The number of hydrogen-bond donors (Lipinski definition) is 3. The van der Waals surface area contributed by atoms with Crippen LogP contribution in [0.25, 0.3) is 0 Å². The molecule has 1 aromatic heterocycles. The second kappa shape index (κ2) is 3.99. The Morgan fingerprint density at radius 1 is 1.64 bits per heavy atom. The molecule has 0 fully saturated rings. The van der Waals surface area contributed by atoms with Crippen LogP contribution in [0.4, 0.5) is 11.5 Å². The van der Waals surface area contributed by atoms with Gasteiger partial charge in [0.15, 0.2) is 0 Å². The van der Waals surface area contributed by atoms with E-state index in [0.717, 1.165) is 12.1 Å². The van der Waals surface area contributed by atoms with Crippen LogP contribution in [0, 0.1) is 0 Å². The molecule has 1 amide bonds. The highest BCUT2D eigenvalue weighted by molar-refractivity contribution is 5.80. The lowest BCUT2D eigenvalue weighted by atomic mass is 10.3. The molecule has 78 valence electrons. The number of carbonyl (C=O) groups is 1. The van der Waals surface area contributed by atoms with Crippen molar-refractivity contribution < 1.29 is 4.79 Å². The molecule has 0 atom stereocenters. The number of carbonyl (C=O) groups excluding carboxylic acids is 1. The van der Waals surface area contributed by atoms with Crippen LogP contribution >= 0.6 is 0 Å². The molecule has 6 heteroatoms. The van der Waals surface area contributed by atoms with Crippen LogP contribution in [0.2, 0.25) is 0 Å². The van der Waals surface area contributed by atoms with Crippen molar-refractivity contribution in [1.29, 1.82) is 0 Å². The maximum Gasteiger partial charge on any atom is 0.236 e. The van der Waals surface area contributed by atoms with Gasteiger partial charge in [-0.05, 0) is 6.42 Å². The normalized spacial score (nSPS) is 10.1. The first-order valence-electron chi connectivity index (χ1n) is 4.39. The summed E-state index contributed by atoms with van der Waals surface area (Å²) < 4.78 is 1.61. The second-order valence-corrected chi connectivity index (χ2v) is 3.01. The molecule has 0 aliphatic heterocycles. The minimum Gasteiger partial charge on any atom is -0.394 e. The number of amides is 1. The zero-order chi connectivity index (χ0) is 10.7. The molecule has 0 radical (unpaired) electrons. The summed E-state index contributed by atoms with van der Waals surface area (Å²) in [6.45, 7) is 2.03. The third kappa shape index (κ3) is 1.95. The van der Waals surface area contributed by atoms with Gasteiger partial charge in [0.2, 0.25) is 5.91 Å². The molecule has 14 heavy (non-hydrogen) atoms. The fraction of sp³-hybridized carbons (Fsp3) is 0.500. The van der Waals surface area contributed by atoms with Gasteiger partial charge in [-0.1, -0.05) is 6.92 Å². The van der Waals surface area contributed by atoms with Gasteiger partial charge in [-0.25, -0.2) is 0 Å². The maximum absolute atomic E-state index is 10.6. The Labute approximate surface area is 82.3 Å². The highest BCUT2D eigenvalue weighted by atomic mass is 16.1. The average Bonchev–Trinajstić information content (AvgIpc) is 2.39. The molecule has 0 unspecified atom stereocenters. The van der Waals surface area contributed by atoms with Crippen molar-refractivity contribution in [3.05, 3.63) is 5.69 Å². The summed E-state index contributed by atoms with van der Waals surface area (Å²) in [7, 11) is 1.76. The maximum atomic E-state index is 10.6. The highest BCUT2D eigenvalue weighted by Crippen LogP contribution is 2.21. The van der Waals surface area contributed by atoms with Crippen LogP contribution < -0.4 is 16.8 Å². The summed E-state index contributed by atoms with van der Waals surface area (Å²) >= 11 is 0. The van der Waals surface area contributed by atoms with Gasteiger partial charge in [0.25, 0.3) is 0 Å². The van der Waals surface area contributed by atoms with Crippen LogP contribution in [0.5, 0.6) is 0 Å². The first-order valence-corrected chi connectivity index (χ1v) is 4.39. The summed E-state index contributed by atoms with van der Waals surface area (Å²) in [4.78, 5) is 10.6. The lowest BCUT2D eigenvalue weighted by Crippen LogP contribution is -2.23. The van der Waals surface area contributed by atoms with Crippen molar-refractivity contribution >= 4 is 17.4 Å². The number of hydrogen-bond acceptors (Lipinski definition) is 4. The second-order valence-electron chi connectivity index (χ2n) is 3.01. The molecule has 5 N–H and O–H groups in total. The number of nitrogens with zero attached hydrogens (tertiary/aromatic N) is 2. The summed E-state index contributed by atoms with van der Waals surface area (Å²) in [5.74, 6) is 0.212. The van der Waals surface area contributed by atoms with E-state index in [-0.39, 0.29) is 6.54 Å². The largest absolute Gasteiger partial charge is 0.394 e. The predicted molar refractivity (Wildman–Crippen MR) is 54.7 cm³/mol. The lowest BCUT2D eigenvalue weighted by Gasteiger charge is -2.04. The Bertz CT molecular complexity index is 344. The van der Waals surface area contributed by atoms with E-state index in [9.17, 15) is 4.79 Å². The van der Waals surface area contributed by atoms with Crippen LogP contribution in [-0.2, 0) is 18.3 Å². The van der Waals surface area contributed by atoms with Crippen molar-refractivity contribution in [2.24, 2.45) is 12.8 Å². The minimum atomic E-state index is -0.427. The van der Waals surface area contributed by atoms with Gasteiger partial charge in [-0.3, -0.25) is 9.48 Å². The Balaban J connectivity index is 2.85. The molecule has 0 aliphatic carbocycles. The van der Waals surface area contributed by atoms with E-state index >= 15 is 0 Å². The number of nitrogen functional groups attached to an aromatic ring is 1. The number of anilines is 2. The SMILES string of the molecule is CCc1nn(C)c(NCC(N)=O)c1N. The van der Waals surface area contributed by atoms with Gasteiger partial charge >= 0.3 is 0 Å². The lowest BCUT2D eigenvalue weighted by molar-refractivity contribution is -0.116. The van der Waals surface area contributed by atoms with Gasteiger partial charge in [0, 0.05) is 7.05 Å². The molecule has 0 saturated heterocycles. The van der Waals surface area contributed by atoms with Crippen molar-refractivity contribution in [1.82, 2.24) is 9.78 Å². The molecule has 1 heterocycles. The van der Waals surface area contributed by atoms with E-state index < -0.39 is 5.91 Å². The van der Waals surface area contributed by atoms with Crippen LogP contribution in [0.15, 0.2) is 0 Å². The van der Waals surface area contributed by atoms with Gasteiger partial charge in [0.1, 0.15) is 5.82 Å². The highest BCUT2D eigenvalue weighted by Gasteiger charge is 2.11. The number of nitrogens with one attached hydrogen (secondary N) is 1. The standard InChI is InChI=1S/C8H15N5O/c1-3-5-7(10)8(13(2)12-5)11-4-6(9)14/h11H,3-4,10H2,1-2H3,(H2,9,14). The van der Waals surface area contributed by atoms with Crippen molar-refractivity contribution in [3.63, 3.8) is 0 Å². The molecule has 0 saturated carbocycles.